The number of allylic oxidation sites excluding steroid dienone is 2. The van der Waals surface area contributed by atoms with Gasteiger partial charge in [0.1, 0.15) is 11.6 Å². The summed E-state index contributed by atoms with van der Waals surface area (Å²) in [6, 6.07) is -0.921. The molecule has 36 heavy (non-hydrogen) atoms. The van der Waals surface area contributed by atoms with Gasteiger partial charge in [0.25, 0.3) is 5.91 Å². The fourth-order valence-electron chi connectivity index (χ4n) is 8.00. The molecule has 0 heterocycles. The Morgan fingerprint density at radius 2 is 1.92 bits per heavy atom. The third kappa shape index (κ3) is 4.58. The lowest BCUT2D eigenvalue weighted by Crippen LogP contribution is -2.54. The van der Waals surface area contributed by atoms with Crippen LogP contribution in [0.5, 0.6) is 0 Å². The number of fused-ring (bicyclic) bond motifs is 5. The number of rotatable bonds is 7. The summed E-state index contributed by atoms with van der Waals surface area (Å²) in [6.45, 7) is 8.15. The van der Waals surface area contributed by atoms with Crippen LogP contribution < -0.4 is 5.32 Å². The standard InChI is InChI=1S/C29H42N2O5/c1-6-29(35)14-11-23-21-8-7-19-16-20(9-12-27(19,4)22(21)10-13-28(23,29)5)31-36-17-25(32)30-24(26(33)34)15-18(2)3/h1,16,18,21-24,35H,7-15,17H2,2-5H3,(H,30,32)(H,33,34)/t21-,22+,23+,24?,27+,28+,29-/m1/s1. The molecule has 0 aromatic rings. The van der Waals surface area contributed by atoms with E-state index in [-0.39, 0.29) is 23.4 Å². The van der Waals surface area contributed by atoms with E-state index < -0.39 is 23.5 Å². The number of carboxylic acids is 1. The smallest absolute Gasteiger partial charge is 0.326 e. The predicted octanol–water partition coefficient (Wildman–Crippen LogP) is 4.30. The van der Waals surface area contributed by atoms with Crippen molar-refractivity contribution in [3.63, 3.8) is 0 Å². The normalized spacial score (nSPS) is 39.3. The zero-order valence-electron chi connectivity index (χ0n) is 22.2. The molecule has 0 bridgehead atoms. The van der Waals surface area contributed by atoms with Crippen LogP contribution in [-0.4, -0.2) is 46.1 Å². The van der Waals surface area contributed by atoms with Gasteiger partial charge in [-0.15, -0.1) is 6.42 Å². The Hall–Kier alpha value is -2.33. The van der Waals surface area contributed by atoms with Crippen LogP contribution in [0.1, 0.15) is 85.5 Å². The van der Waals surface area contributed by atoms with E-state index in [2.05, 4.69) is 36.3 Å². The maximum atomic E-state index is 12.2. The van der Waals surface area contributed by atoms with Gasteiger partial charge >= 0.3 is 5.97 Å². The van der Waals surface area contributed by atoms with Gasteiger partial charge < -0.3 is 20.4 Å². The number of oxime groups is 1. The molecule has 0 saturated heterocycles. The third-order valence-corrected chi connectivity index (χ3v) is 10.1. The lowest BCUT2D eigenvalue weighted by molar-refractivity contribution is -0.143. The van der Waals surface area contributed by atoms with Crippen LogP contribution in [0, 0.1) is 46.8 Å². The number of hydrogen-bond acceptors (Lipinski definition) is 5. The van der Waals surface area contributed by atoms with Gasteiger partial charge in [-0.3, -0.25) is 4.79 Å². The molecule has 0 aliphatic heterocycles. The highest BCUT2D eigenvalue weighted by atomic mass is 16.6. The maximum absolute atomic E-state index is 12.2. The fraction of sp³-hybridized carbons (Fsp3) is 0.759. The summed E-state index contributed by atoms with van der Waals surface area (Å²) < 4.78 is 0. The van der Waals surface area contributed by atoms with E-state index in [0.29, 0.717) is 30.6 Å². The van der Waals surface area contributed by atoms with Gasteiger partial charge in [-0.05, 0) is 93.0 Å². The second kappa shape index (κ2) is 9.85. The number of amides is 1. The lowest BCUT2D eigenvalue weighted by atomic mass is 9.46. The molecule has 4 aliphatic carbocycles. The molecule has 7 heteroatoms. The number of nitrogens with zero attached hydrogens (tertiary/aromatic N) is 1. The molecule has 1 unspecified atom stereocenters. The first-order valence-electron chi connectivity index (χ1n) is 13.6. The number of aliphatic carboxylic acids is 1. The van der Waals surface area contributed by atoms with Gasteiger partial charge in [0.2, 0.25) is 0 Å². The van der Waals surface area contributed by atoms with Crippen molar-refractivity contribution >= 4 is 17.6 Å². The highest BCUT2D eigenvalue weighted by molar-refractivity contribution is 5.96. The Morgan fingerprint density at radius 1 is 1.19 bits per heavy atom. The molecule has 0 spiro atoms. The number of carbonyl (C=O) groups is 2. The van der Waals surface area contributed by atoms with Gasteiger partial charge in [-0.1, -0.05) is 44.3 Å². The molecule has 4 rings (SSSR count). The van der Waals surface area contributed by atoms with E-state index in [1.54, 1.807) is 0 Å². The van der Waals surface area contributed by atoms with Gasteiger partial charge in [0, 0.05) is 5.41 Å². The summed E-state index contributed by atoms with van der Waals surface area (Å²) in [5.74, 6) is 3.03. The Bertz CT molecular complexity index is 996. The summed E-state index contributed by atoms with van der Waals surface area (Å²) in [5.41, 5.74) is 1.20. The highest BCUT2D eigenvalue weighted by Gasteiger charge is 2.63. The summed E-state index contributed by atoms with van der Waals surface area (Å²) in [4.78, 5) is 28.9. The van der Waals surface area contributed by atoms with E-state index in [1.807, 2.05) is 13.8 Å². The molecule has 7 nitrogen and oxygen atoms in total. The zero-order valence-corrected chi connectivity index (χ0v) is 22.2. The number of carbonyl (C=O) groups excluding carboxylic acids is 1. The zero-order chi connectivity index (χ0) is 26.3. The van der Waals surface area contributed by atoms with E-state index >= 15 is 0 Å². The molecule has 7 atom stereocenters. The Kier molecular flexibility index (Phi) is 7.31. The van der Waals surface area contributed by atoms with Crippen molar-refractivity contribution in [2.24, 2.45) is 39.7 Å². The Labute approximate surface area is 215 Å². The van der Waals surface area contributed by atoms with Crippen LogP contribution in [-0.2, 0) is 14.4 Å². The fourth-order valence-corrected chi connectivity index (χ4v) is 8.00. The SMILES string of the molecule is C#C[C@@]1(O)CC[C@H]2[C@@H]3CCC4=CC(=NOCC(=O)NC(CC(C)C)C(=O)O)CC[C@]4(C)[C@H]3CC[C@@]21C. The van der Waals surface area contributed by atoms with Crippen LogP contribution in [0.15, 0.2) is 16.8 Å². The van der Waals surface area contributed by atoms with Crippen LogP contribution in [0.3, 0.4) is 0 Å². The second-order valence-electron chi connectivity index (χ2n) is 12.4. The number of carboxylic acid groups (broad SMARTS) is 1. The monoisotopic (exact) mass is 498 g/mol. The second-order valence-corrected chi connectivity index (χ2v) is 12.4. The van der Waals surface area contributed by atoms with Crippen LogP contribution in [0.4, 0.5) is 0 Å². The predicted molar refractivity (Wildman–Crippen MR) is 138 cm³/mol. The molecule has 3 N–H and O–H groups in total. The minimum Gasteiger partial charge on any atom is -0.480 e. The topological polar surface area (TPSA) is 108 Å². The summed E-state index contributed by atoms with van der Waals surface area (Å²) in [5, 5.41) is 27.2. The van der Waals surface area contributed by atoms with Crippen molar-refractivity contribution in [3.8, 4) is 12.3 Å². The molecule has 1 amide bonds. The maximum Gasteiger partial charge on any atom is 0.326 e. The van der Waals surface area contributed by atoms with Crippen molar-refractivity contribution < 1.29 is 24.6 Å². The molecule has 0 aromatic heterocycles. The third-order valence-electron chi connectivity index (χ3n) is 10.1. The van der Waals surface area contributed by atoms with E-state index in [0.717, 1.165) is 50.7 Å². The van der Waals surface area contributed by atoms with Crippen molar-refractivity contribution in [2.45, 2.75) is 97.1 Å². The van der Waals surface area contributed by atoms with E-state index in [4.69, 9.17) is 11.3 Å². The molecule has 198 valence electrons. The summed E-state index contributed by atoms with van der Waals surface area (Å²) in [6.07, 6.45) is 16.0. The van der Waals surface area contributed by atoms with Crippen molar-refractivity contribution in [1.29, 1.82) is 0 Å². The number of aliphatic hydroxyl groups is 1. The highest BCUT2D eigenvalue weighted by Crippen LogP contribution is 2.67. The molecular weight excluding hydrogens is 456 g/mol. The molecule has 4 aliphatic rings. The molecular formula is C29H42N2O5. The average Bonchev–Trinajstić information content (AvgIpc) is 3.09. The van der Waals surface area contributed by atoms with Crippen molar-refractivity contribution in [3.05, 3.63) is 11.6 Å². The minimum atomic E-state index is -1.04. The van der Waals surface area contributed by atoms with E-state index in [9.17, 15) is 19.8 Å². The molecule has 0 radical (unpaired) electrons. The minimum absolute atomic E-state index is 0.114. The summed E-state index contributed by atoms with van der Waals surface area (Å²) >= 11 is 0. The molecule has 3 fully saturated rings. The van der Waals surface area contributed by atoms with Crippen LogP contribution >= 0.6 is 0 Å². The van der Waals surface area contributed by atoms with Crippen LogP contribution in [0.25, 0.3) is 0 Å². The van der Waals surface area contributed by atoms with Gasteiger partial charge in [-0.25, -0.2) is 4.79 Å². The van der Waals surface area contributed by atoms with Gasteiger partial charge in [0.15, 0.2) is 6.61 Å². The first-order valence-corrected chi connectivity index (χ1v) is 13.6. The van der Waals surface area contributed by atoms with Crippen LogP contribution in [0.2, 0.25) is 0 Å². The first-order chi connectivity index (χ1) is 16.9. The quantitative estimate of drug-likeness (QED) is 0.358. The Balaban J connectivity index is 1.39. The van der Waals surface area contributed by atoms with Gasteiger partial charge in [-0.2, -0.15) is 0 Å². The largest absolute Gasteiger partial charge is 0.480 e. The molecule has 0 aromatic carbocycles. The molecule has 3 saturated carbocycles. The van der Waals surface area contributed by atoms with Crippen molar-refractivity contribution in [1.82, 2.24) is 5.32 Å². The first kappa shape index (κ1) is 26.7. The number of hydrogen-bond donors (Lipinski definition) is 3. The lowest BCUT2D eigenvalue weighted by Gasteiger charge is -2.58. The average molecular weight is 499 g/mol. The Morgan fingerprint density at radius 3 is 2.58 bits per heavy atom. The summed E-state index contributed by atoms with van der Waals surface area (Å²) in [7, 11) is 0. The van der Waals surface area contributed by atoms with E-state index in [1.165, 1.54) is 5.57 Å². The number of nitrogens with one attached hydrogen (secondary N) is 1. The van der Waals surface area contributed by atoms with Crippen molar-refractivity contribution in [2.75, 3.05) is 6.61 Å². The number of terminal acetylenes is 1. The van der Waals surface area contributed by atoms with Gasteiger partial charge in [0.05, 0.1) is 5.71 Å².